The third kappa shape index (κ3) is 3.26. The van der Waals surface area contributed by atoms with Crippen LogP contribution < -0.4 is 9.47 Å². The van der Waals surface area contributed by atoms with Crippen LogP contribution in [-0.4, -0.2) is 45.1 Å². The molecule has 0 atom stereocenters. The van der Waals surface area contributed by atoms with Crippen LogP contribution in [0.1, 0.15) is 6.42 Å². The average molecular weight is 294 g/mol. The highest BCUT2D eigenvalue weighted by Gasteiger charge is 2.23. The lowest BCUT2D eigenvalue weighted by Crippen LogP contribution is -2.03. The summed E-state index contributed by atoms with van der Waals surface area (Å²) >= 11 is 0. The van der Waals surface area contributed by atoms with Crippen molar-refractivity contribution in [2.24, 2.45) is 0 Å². The maximum absolute atomic E-state index is 11.0. The molecule has 0 unspecified atom stereocenters. The average Bonchev–Trinajstić information content (AvgIpc) is 2.92. The first-order valence-corrected chi connectivity index (χ1v) is 6.14. The van der Waals surface area contributed by atoms with Gasteiger partial charge in [-0.3, -0.25) is 10.1 Å². The highest BCUT2D eigenvalue weighted by molar-refractivity contribution is 5.46. The van der Waals surface area contributed by atoms with Gasteiger partial charge in [0.25, 0.3) is 0 Å². The number of nitrogens with zero attached hydrogens (tertiary/aromatic N) is 4. The zero-order valence-electron chi connectivity index (χ0n) is 11.3. The van der Waals surface area contributed by atoms with Gasteiger partial charge in [-0.2, -0.15) is 0 Å². The number of aliphatic hydroxyl groups is 1. The fourth-order valence-corrected chi connectivity index (χ4v) is 1.65. The zero-order valence-corrected chi connectivity index (χ0v) is 11.3. The third-order valence-electron chi connectivity index (χ3n) is 2.59. The lowest BCUT2D eigenvalue weighted by atomic mass is 10.4. The fraction of sp³-hybridized carbons (Fsp3) is 0.333. The third-order valence-corrected chi connectivity index (χ3v) is 2.59. The smallest absolute Gasteiger partial charge is 0.350 e. The van der Waals surface area contributed by atoms with Gasteiger partial charge in [0.2, 0.25) is 5.88 Å². The van der Waals surface area contributed by atoms with E-state index in [1.165, 1.54) is 18.0 Å². The van der Waals surface area contributed by atoms with Gasteiger partial charge in [0, 0.05) is 19.2 Å². The minimum Gasteiger partial charge on any atom is -0.479 e. The van der Waals surface area contributed by atoms with E-state index in [0.29, 0.717) is 12.1 Å². The summed E-state index contributed by atoms with van der Waals surface area (Å²) in [5, 5.41) is 23.8. The first-order chi connectivity index (χ1) is 10.2. The first kappa shape index (κ1) is 14.7. The molecule has 0 saturated heterocycles. The molecular weight excluding hydrogens is 280 g/mol. The van der Waals surface area contributed by atoms with Crippen molar-refractivity contribution in [2.45, 2.75) is 6.42 Å². The second-order valence-electron chi connectivity index (χ2n) is 3.98. The largest absolute Gasteiger partial charge is 0.479 e. The molecule has 0 bridgehead atoms. The summed E-state index contributed by atoms with van der Waals surface area (Å²) in [5.41, 5.74) is 0.193. The summed E-state index contributed by atoms with van der Waals surface area (Å²) in [7, 11) is 1.45. The minimum absolute atomic E-state index is 0.0645. The first-order valence-electron chi connectivity index (χ1n) is 6.14. The molecule has 2 aromatic heterocycles. The molecule has 0 fully saturated rings. The number of aliphatic hydroxyl groups excluding tert-OH is 1. The van der Waals surface area contributed by atoms with Crippen LogP contribution in [0.4, 0.5) is 5.69 Å². The Morgan fingerprint density at radius 1 is 1.48 bits per heavy atom. The van der Waals surface area contributed by atoms with E-state index in [4.69, 9.17) is 14.6 Å². The Morgan fingerprint density at radius 2 is 2.29 bits per heavy atom. The highest BCUT2D eigenvalue weighted by Crippen LogP contribution is 2.28. The van der Waals surface area contributed by atoms with E-state index < -0.39 is 4.92 Å². The van der Waals surface area contributed by atoms with E-state index in [-0.39, 0.29) is 30.7 Å². The summed E-state index contributed by atoms with van der Waals surface area (Å²) in [5.74, 6) is 0.177. The van der Waals surface area contributed by atoms with E-state index in [2.05, 4.69) is 10.1 Å². The molecule has 0 aliphatic rings. The molecule has 0 amide bonds. The molecule has 2 rings (SSSR count). The van der Waals surface area contributed by atoms with Crippen LogP contribution in [0.15, 0.2) is 24.5 Å². The van der Waals surface area contributed by atoms with Gasteiger partial charge in [0.1, 0.15) is 11.9 Å². The minimum atomic E-state index is -0.583. The quantitative estimate of drug-likeness (QED) is 0.459. The standard InChI is InChI=1S/C12H14N4O5/c1-20-11-9(4-2-5-13-11)15-8-10(16(18)19)12(14-15)21-7-3-6-17/h2,4-5,8,17H,3,6-7H2,1H3. The molecule has 0 saturated carbocycles. The Kier molecular flexibility index (Phi) is 4.67. The Labute approximate surface area is 119 Å². The number of pyridine rings is 1. The highest BCUT2D eigenvalue weighted by atomic mass is 16.6. The maximum Gasteiger partial charge on any atom is 0.350 e. The van der Waals surface area contributed by atoms with Crippen molar-refractivity contribution < 1.29 is 19.5 Å². The zero-order chi connectivity index (χ0) is 15.2. The molecule has 2 heterocycles. The van der Waals surface area contributed by atoms with Crippen molar-refractivity contribution in [3.63, 3.8) is 0 Å². The lowest BCUT2D eigenvalue weighted by molar-refractivity contribution is -0.385. The van der Waals surface area contributed by atoms with E-state index in [1.807, 2.05) is 0 Å². The molecule has 0 aromatic carbocycles. The van der Waals surface area contributed by atoms with Crippen molar-refractivity contribution in [1.82, 2.24) is 14.8 Å². The molecule has 0 spiro atoms. The lowest BCUT2D eigenvalue weighted by Gasteiger charge is -2.05. The Bertz CT molecular complexity index is 628. The van der Waals surface area contributed by atoms with Gasteiger partial charge in [0.15, 0.2) is 0 Å². The molecule has 2 aromatic rings. The second-order valence-corrected chi connectivity index (χ2v) is 3.98. The fourth-order valence-electron chi connectivity index (χ4n) is 1.65. The van der Waals surface area contributed by atoms with E-state index in [0.717, 1.165) is 0 Å². The Hall–Kier alpha value is -2.68. The Balaban J connectivity index is 2.36. The summed E-state index contributed by atoms with van der Waals surface area (Å²) in [6.45, 7) is 0.0729. The molecular formula is C12H14N4O5. The van der Waals surface area contributed by atoms with Crippen LogP contribution in [0, 0.1) is 10.1 Å². The van der Waals surface area contributed by atoms with E-state index >= 15 is 0 Å². The molecule has 0 aliphatic heterocycles. The van der Waals surface area contributed by atoms with Crippen molar-refractivity contribution >= 4 is 5.69 Å². The van der Waals surface area contributed by atoms with Crippen molar-refractivity contribution in [1.29, 1.82) is 0 Å². The van der Waals surface area contributed by atoms with Gasteiger partial charge in [-0.15, -0.1) is 5.10 Å². The molecule has 0 radical (unpaired) electrons. The number of rotatable bonds is 7. The van der Waals surface area contributed by atoms with Crippen molar-refractivity contribution in [3.8, 4) is 17.4 Å². The molecule has 21 heavy (non-hydrogen) atoms. The maximum atomic E-state index is 11.0. The van der Waals surface area contributed by atoms with Crippen molar-refractivity contribution in [2.75, 3.05) is 20.3 Å². The normalized spacial score (nSPS) is 10.4. The molecule has 1 N–H and O–H groups in total. The number of hydrogen-bond acceptors (Lipinski definition) is 7. The van der Waals surface area contributed by atoms with Gasteiger partial charge < -0.3 is 14.6 Å². The number of nitro groups is 1. The van der Waals surface area contributed by atoms with Gasteiger partial charge in [-0.05, 0) is 12.1 Å². The summed E-state index contributed by atoms with van der Waals surface area (Å²) < 4.78 is 11.6. The van der Waals surface area contributed by atoms with Crippen LogP contribution in [-0.2, 0) is 0 Å². The number of hydrogen-bond donors (Lipinski definition) is 1. The van der Waals surface area contributed by atoms with Gasteiger partial charge in [-0.25, -0.2) is 9.67 Å². The van der Waals surface area contributed by atoms with Crippen LogP contribution in [0.3, 0.4) is 0 Å². The SMILES string of the molecule is COc1ncccc1-n1cc([N+](=O)[O-])c(OCCCO)n1. The number of ether oxygens (including phenoxy) is 2. The van der Waals surface area contributed by atoms with Gasteiger partial charge in [0.05, 0.1) is 18.6 Å². The van der Waals surface area contributed by atoms with Gasteiger partial charge >= 0.3 is 11.6 Å². The van der Waals surface area contributed by atoms with Crippen molar-refractivity contribution in [3.05, 3.63) is 34.6 Å². The molecule has 0 aliphatic carbocycles. The molecule has 9 nitrogen and oxygen atoms in total. The summed E-state index contributed by atoms with van der Waals surface area (Å²) in [6, 6.07) is 3.33. The predicted octanol–water partition coefficient (Wildman–Crippen LogP) is 0.945. The molecule has 9 heteroatoms. The van der Waals surface area contributed by atoms with Crippen LogP contribution in [0.25, 0.3) is 5.69 Å². The second kappa shape index (κ2) is 6.66. The number of aromatic nitrogens is 3. The Morgan fingerprint density at radius 3 is 2.95 bits per heavy atom. The molecule has 112 valence electrons. The van der Waals surface area contributed by atoms with Crippen LogP contribution >= 0.6 is 0 Å². The summed E-state index contributed by atoms with van der Waals surface area (Å²) in [6.07, 6.45) is 3.13. The predicted molar refractivity (Wildman–Crippen MR) is 71.8 cm³/mol. The number of methoxy groups -OCH3 is 1. The van der Waals surface area contributed by atoms with E-state index in [9.17, 15) is 10.1 Å². The van der Waals surface area contributed by atoms with E-state index in [1.54, 1.807) is 18.3 Å². The van der Waals surface area contributed by atoms with Crippen LogP contribution in [0.2, 0.25) is 0 Å². The van der Waals surface area contributed by atoms with Gasteiger partial charge in [-0.1, -0.05) is 0 Å². The topological polar surface area (TPSA) is 113 Å². The van der Waals surface area contributed by atoms with Crippen LogP contribution in [0.5, 0.6) is 11.8 Å². The monoisotopic (exact) mass is 294 g/mol. The summed E-state index contributed by atoms with van der Waals surface area (Å²) in [4.78, 5) is 14.5.